The van der Waals surface area contributed by atoms with Crippen molar-refractivity contribution in [2.45, 2.75) is 33.4 Å². The summed E-state index contributed by atoms with van der Waals surface area (Å²) in [4.78, 5) is 7.04. The van der Waals surface area contributed by atoms with Crippen LogP contribution in [-0.4, -0.2) is 18.6 Å². The average molecular weight is 389 g/mol. The number of benzene rings is 1. The smallest absolute Gasteiger partial charge is 0.161 e. The minimum atomic E-state index is 0.569. The summed E-state index contributed by atoms with van der Waals surface area (Å²) < 4.78 is 11.4. The van der Waals surface area contributed by atoms with E-state index in [-0.39, 0.29) is 0 Å². The van der Waals surface area contributed by atoms with Gasteiger partial charge in [0.05, 0.1) is 17.8 Å². The van der Waals surface area contributed by atoms with E-state index < -0.39 is 0 Å². The van der Waals surface area contributed by atoms with Gasteiger partial charge in [0.1, 0.15) is 6.61 Å². The van der Waals surface area contributed by atoms with Crippen LogP contribution >= 0.6 is 22.7 Å². The van der Waals surface area contributed by atoms with Crippen molar-refractivity contribution >= 4 is 22.7 Å². The summed E-state index contributed by atoms with van der Waals surface area (Å²) in [6, 6.07) is 10.2. The largest absolute Gasteiger partial charge is 0.493 e. The van der Waals surface area contributed by atoms with E-state index in [1.165, 1.54) is 15.3 Å². The highest BCUT2D eigenvalue weighted by Crippen LogP contribution is 2.29. The van der Waals surface area contributed by atoms with Gasteiger partial charge in [-0.15, -0.1) is 22.7 Å². The van der Waals surface area contributed by atoms with Crippen LogP contribution in [0.3, 0.4) is 0 Å². The summed E-state index contributed by atoms with van der Waals surface area (Å²) in [7, 11) is 1.68. The van der Waals surface area contributed by atoms with Crippen molar-refractivity contribution in [3.05, 3.63) is 61.7 Å². The van der Waals surface area contributed by atoms with Gasteiger partial charge >= 0.3 is 0 Å². The van der Waals surface area contributed by atoms with Crippen LogP contribution in [0.1, 0.15) is 26.0 Å². The minimum absolute atomic E-state index is 0.569. The first-order valence-corrected chi connectivity index (χ1v) is 10.3. The molecule has 0 saturated heterocycles. The molecule has 0 unspecified atom stereocenters. The van der Waals surface area contributed by atoms with Gasteiger partial charge in [-0.3, -0.25) is 0 Å². The predicted molar refractivity (Wildman–Crippen MR) is 109 cm³/mol. The number of ether oxygens (including phenoxy) is 2. The zero-order chi connectivity index (χ0) is 18.4. The van der Waals surface area contributed by atoms with Crippen molar-refractivity contribution in [3.63, 3.8) is 0 Å². The Kier molecular flexibility index (Phi) is 6.66. The van der Waals surface area contributed by atoms with Gasteiger partial charge in [0.25, 0.3) is 0 Å². The third kappa shape index (κ3) is 5.06. The lowest BCUT2D eigenvalue weighted by atomic mass is 10.2. The monoisotopic (exact) mass is 388 g/mol. The van der Waals surface area contributed by atoms with Crippen molar-refractivity contribution < 1.29 is 9.47 Å². The number of thiazole rings is 1. The Morgan fingerprint density at radius 2 is 2.04 bits per heavy atom. The lowest BCUT2D eigenvalue weighted by molar-refractivity contribution is 0.287. The molecular weight excluding hydrogens is 364 g/mol. The third-order valence-electron chi connectivity index (χ3n) is 4.04. The molecule has 2 heterocycles. The Morgan fingerprint density at radius 1 is 1.15 bits per heavy atom. The molecule has 0 atom stereocenters. The standard InChI is InChI=1S/C20H24N2O2S2/c1-14-20(26-15(2)22-14)8-9-21-12-16-6-7-18(19(11-16)23-3)24-13-17-5-4-10-25-17/h4-7,10-11,21H,8-9,12-13H2,1-3H3. The Morgan fingerprint density at radius 3 is 2.73 bits per heavy atom. The number of methoxy groups -OCH3 is 1. The van der Waals surface area contributed by atoms with E-state index in [9.17, 15) is 0 Å². The van der Waals surface area contributed by atoms with Gasteiger partial charge in [-0.25, -0.2) is 4.98 Å². The minimum Gasteiger partial charge on any atom is -0.493 e. The Balaban J connectivity index is 1.51. The molecule has 1 N–H and O–H groups in total. The van der Waals surface area contributed by atoms with Crippen molar-refractivity contribution in [1.29, 1.82) is 0 Å². The Bertz CT molecular complexity index is 828. The van der Waals surface area contributed by atoms with Crippen LogP contribution in [0.5, 0.6) is 11.5 Å². The Labute approximate surface area is 162 Å². The number of nitrogens with zero attached hydrogens (tertiary/aromatic N) is 1. The molecule has 0 amide bonds. The van der Waals surface area contributed by atoms with Crippen molar-refractivity contribution in [2.75, 3.05) is 13.7 Å². The number of aryl methyl sites for hydroxylation is 2. The van der Waals surface area contributed by atoms with E-state index >= 15 is 0 Å². The maximum Gasteiger partial charge on any atom is 0.161 e. The summed E-state index contributed by atoms with van der Waals surface area (Å²) in [5.74, 6) is 1.55. The second-order valence-electron chi connectivity index (χ2n) is 6.02. The molecule has 2 aromatic heterocycles. The Hall–Kier alpha value is -1.89. The summed E-state index contributed by atoms with van der Waals surface area (Å²) in [6.07, 6.45) is 1.01. The SMILES string of the molecule is COc1cc(CNCCc2sc(C)nc2C)ccc1OCc1cccs1. The summed E-state index contributed by atoms with van der Waals surface area (Å²) >= 11 is 3.48. The normalized spacial score (nSPS) is 10.9. The van der Waals surface area contributed by atoms with Gasteiger partial charge in [0.2, 0.25) is 0 Å². The molecule has 3 aromatic rings. The number of nitrogens with one attached hydrogen (secondary N) is 1. The first-order chi connectivity index (χ1) is 12.7. The van der Waals surface area contributed by atoms with E-state index in [0.29, 0.717) is 6.61 Å². The van der Waals surface area contributed by atoms with Crippen LogP contribution in [0.15, 0.2) is 35.7 Å². The lowest BCUT2D eigenvalue weighted by Gasteiger charge is -2.12. The molecule has 0 bridgehead atoms. The first-order valence-electron chi connectivity index (χ1n) is 8.61. The second kappa shape index (κ2) is 9.16. The number of thiophene rings is 1. The molecule has 1 aromatic carbocycles. The van der Waals surface area contributed by atoms with Crippen molar-refractivity contribution in [3.8, 4) is 11.5 Å². The number of hydrogen-bond donors (Lipinski definition) is 1. The van der Waals surface area contributed by atoms with E-state index in [1.807, 2.05) is 18.2 Å². The summed E-state index contributed by atoms with van der Waals surface area (Å²) in [5.41, 5.74) is 2.34. The van der Waals surface area contributed by atoms with Crippen LogP contribution < -0.4 is 14.8 Å². The average Bonchev–Trinajstić information content (AvgIpc) is 3.26. The second-order valence-corrected chi connectivity index (χ2v) is 8.34. The van der Waals surface area contributed by atoms with Gasteiger partial charge in [-0.05, 0) is 49.4 Å². The molecule has 0 aliphatic carbocycles. The van der Waals surface area contributed by atoms with Crippen molar-refractivity contribution in [1.82, 2.24) is 10.3 Å². The highest BCUT2D eigenvalue weighted by atomic mass is 32.1. The van der Waals surface area contributed by atoms with Crippen LogP contribution in [0.2, 0.25) is 0 Å². The molecule has 26 heavy (non-hydrogen) atoms. The zero-order valence-electron chi connectivity index (χ0n) is 15.4. The quantitative estimate of drug-likeness (QED) is 0.538. The molecule has 0 spiro atoms. The van der Waals surface area contributed by atoms with Crippen LogP contribution in [0, 0.1) is 13.8 Å². The number of rotatable bonds is 9. The first kappa shape index (κ1) is 18.9. The van der Waals surface area contributed by atoms with Crippen LogP contribution in [0.25, 0.3) is 0 Å². The molecule has 138 valence electrons. The van der Waals surface area contributed by atoms with E-state index in [2.05, 4.69) is 41.7 Å². The highest BCUT2D eigenvalue weighted by molar-refractivity contribution is 7.11. The molecule has 0 aliphatic heterocycles. The van der Waals surface area contributed by atoms with E-state index in [1.54, 1.807) is 29.8 Å². The molecular formula is C20H24N2O2S2. The maximum absolute atomic E-state index is 5.89. The number of hydrogen-bond acceptors (Lipinski definition) is 6. The highest BCUT2D eigenvalue weighted by Gasteiger charge is 2.08. The van der Waals surface area contributed by atoms with Gasteiger partial charge in [0.15, 0.2) is 11.5 Å². The number of aromatic nitrogens is 1. The molecule has 0 fully saturated rings. The summed E-state index contributed by atoms with van der Waals surface area (Å²) in [5, 5.41) is 6.69. The van der Waals surface area contributed by atoms with Gasteiger partial charge in [0, 0.05) is 22.8 Å². The third-order valence-corrected chi connectivity index (χ3v) is 6.02. The van der Waals surface area contributed by atoms with Crippen LogP contribution in [0.4, 0.5) is 0 Å². The van der Waals surface area contributed by atoms with Gasteiger partial charge < -0.3 is 14.8 Å². The molecule has 0 saturated carbocycles. The molecule has 4 nitrogen and oxygen atoms in total. The van der Waals surface area contributed by atoms with E-state index in [4.69, 9.17) is 9.47 Å². The maximum atomic E-state index is 5.89. The lowest BCUT2D eigenvalue weighted by Crippen LogP contribution is -2.16. The van der Waals surface area contributed by atoms with Gasteiger partial charge in [-0.1, -0.05) is 12.1 Å². The molecule has 0 aliphatic rings. The molecule has 6 heteroatoms. The van der Waals surface area contributed by atoms with Crippen molar-refractivity contribution in [2.24, 2.45) is 0 Å². The topological polar surface area (TPSA) is 43.4 Å². The molecule has 3 rings (SSSR count). The zero-order valence-corrected chi connectivity index (χ0v) is 17.0. The van der Waals surface area contributed by atoms with E-state index in [0.717, 1.165) is 41.7 Å². The fourth-order valence-corrected chi connectivity index (χ4v) is 4.28. The predicted octanol–water partition coefficient (Wildman–Crippen LogP) is 4.74. The fourth-order valence-electron chi connectivity index (χ4n) is 2.72. The molecule has 0 radical (unpaired) electrons. The van der Waals surface area contributed by atoms with Crippen LogP contribution in [-0.2, 0) is 19.6 Å². The summed E-state index contributed by atoms with van der Waals surface area (Å²) in [6.45, 7) is 6.45. The fraction of sp³-hybridized carbons (Fsp3) is 0.350. The van der Waals surface area contributed by atoms with Gasteiger partial charge in [-0.2, -0.15) is 0 Å².